The van der Waals surface area contributed by atoms with Crippen LogP contribution >= 0.6 is 0 Å². The summed E-state index contributed by atoms with van der Waals surface area (Å²) in [5.74, 6) is 1.60. The third-order valence-electron chi connectivity index (χ3n) is 3.00. The molecule has 0 aliphatic carbocycles. The number of carbonyl (C=O) groups is 1. The average molecular weight is 235 g/mol. The number of ether oxygens (including phenoxy) is 2. The molecule has 4 nitrogen and oxygen atoms in total. The molecule has 1 aliphatic rings. The van der Waals surface area contributed by atoms with E-state index in [0.717, 1.165) is 30.8 Å². The van der Waals surface area contributed by atoms with Crippen molar-refractivity contribution in [3.05, 3.63) is 18.2 Å². The van der Waals surface area contributed by atoms with Crippen LogP contribution in [0.4, 0.5) is 5.69 Å². The van der Waals surface area contributed by atoms with E-state index in [0.29, 0.717) is 12.2 Å². The molecule has 4 heteroatoms. The fourth-order valence-electron chi connectivity index (χ4n) is 2.07. The van der Waals surface area contributed by atoms with Gasteiger partial charge in [0.1, 0.15) is 11.5 Å². The second kappa shape index (κ2) is 5.08. The Morgan fingerprint density at radius 2 is 2.00 bits per heavy atom. The van der Waals surface area contributed by atoms with Crippen molar-refractivity contribution >= 4 is 11.6 Å². The summed E-state index contributed by atoms with van der Waals surface area (Å²) in [6.07, 6.45) is 2.62. The molecule has 1 fully saturated rings. The van der Waals surface area contributed by atoms with Gasteiger partial charge in [-0.2, -0.15) is 0 Å². The first-order valence-electron chi connectivity index (χ1n) is 5.78. The van der Waals surface area contributed by atoms with Crippen LogP contribution in [0.2, 0.25) is 0 Å². The van der Waals surface area contributed by atoms with Crippen LogP contribution in [0.15, 0.2) is 18.2 Å². The molecular formula is C13H17NO3. The highest BCUT2D eigenvalue weighted by molar-refractivity contribution is 5.95. The van der Waals surface area contributed by atoms with Crippen LogP contribution in [0.5, 0.6) is 11.5 Å². The summed E-state index contributed by atoms with van der Waals surface area (Å²) in [7, 11) is 3.23. The first-order chi connectivity index (χ1) is 8.26. The number of carbonyl (C=O) groups excluding carboxylic acids is 1. The predicted octanol–water partition coefficient (Wildman–Crippen LogP) is 2.22. The number of amides is 1. The molecule has 0 N–H and O–H groups in total. The van der Waals surface area contributed by atoms with Gasteiger partial charge in [-0.1, -0.05) is 0 Å². The van der Waals surface area contributed by atoms with Gasteiger partial charge in [0.05, 0.1) is 19.9 Å². The van der Waals surface area contributed by atoms with Crippen molar-refractivity contribution in [3.8, 4) is 11.5 Å². The number of anilines is 1. The molecule has 1 aromatic rings. The second-order valence-electron chi connectivity index (χ2n) is 4.04. The van der Waals surface area contributed by atoms with Crippen molar-refractivity contribution in [2.24, 2.45) is 0 Å². The minimum Gasteiger partial charge on any atom is -0.497 e. The van der Waals surface area contributed by atoms with Gasteiger partial charge in [0.25, 0.3) is 0 Å². The maximum absolute atomic E-state index is 11.9. The van der Waals surface area contributed by atoms with E-state index in [1.165, 1.54) is 0 Å². The molecule has 0 atom stereocenters. The minimum atomic E-state index is 0.155. The first kappa shape index (κ1) is 11.8. The van der Waals surface area contributed by atoms with Crippen LogP contribution in [-0.4, -0.2) is 26.7 Å². The summed E-state index contributed by atoms with van der Waals surface area (Å²) in [5.41, 5.74) is 0.802. The molecule has 0 unspecified atom stereocenters. The number of rotatable bonds is 3. The average Bonchev–Trinajstić information content (AvgIpc) is 2.38. The van der Waals surface area contributed by atoms with E-state index in [-0.39, 0.29) is 5.91 Å². The minimum absolute atomic E-state index is 0.155. The Morgan fingerprint density at radius 1 is 1.18 bits per heavy atom. The van der Waals surface area contributed by atoms with Crippen molar-refractivity contribution in [2.75, 3.05) is 25.7 Å². The molecular weight excluding hydrogens is 218 g/mol. The van der Waals surface area contributed by atoms with Gasteiger partial charge in [0.15, 0.2) is 0 Å². The van der Waals surface area contributed by atoms with E-state index in [2.05, 4.69) is 0 Å². The van der Waals surface area contributed by atoms with E-state index >= 15 is 0 Å². The zero-order valence-corrected chi connectivity index (χ0v) is 10.2. The van der Waals surface area contributed by atoms with E-state index in [9.17, 15) is 4.79 Å². The van der Waals surface area contributed by atoms with Crippen LogP contribution in [0.25, 0.3) is 0 Å². The van der Waals surface area contributed by atoms with E-state index < -0.39 is 0 Å². The highest BCUT2D eigenvalue weighted by Crippen LogP contribution is 2.34. The normalized spacial score (nSPS) is 15.9. The Balaban J connectivity index is 2.37. The van der Waals surface area contributed by atoms with Gasteiger partial charge in [-0.25, -0.2) is 0 Å². The van der Waals surface area contributed by atoms with Gasteiger partial charge in [0.2, 0.25) is 5.91 Å². The largest absolute Gasteiger partial charge is 0.497 e. The zero-order valence-electron chi connectivity index (χ0n) is 10.2. The third-order valence-corrected chi connectivity index (χ3v) is 3.00. The lowest BCUT2D eigenvalue weighted by atomic mass is 10.1. The van der Waals surface area contributed by atoms with Crippen LogP contribution in [0.3, 0.4) is 0 Å². The molecule has 92 valence electrons. The Hall–Kier alpha value is -1.71. The summed E-state index contributed by atoms with van der Waals surface area (Å²) in [6, 6.07) is 5.51. The smallest absolute Gasteiger partial charge is 0.227 e. The van der Waals surface area contributed by atoms with Crippen LogP contribution in [-0.2, 0) is 4.79 Å². The highest BCUT2D eigenvalue weighted by Gasteiger charge is 2.22. The van der Waals surface area contributed by atoms with Gasteiger partial charge in [-0.3, -0.25) is 4.79 Å². The maximum Gasteiger partial charge on any atom is 0.227 e. The lowest BCUT2D eigenvalue weighted by molar-refractivity contribution is -0.119. The number of nitrogens with zero attached hydrogens (tertiary/aromatic N) is 1. The maximum atomic E-state index is 11.9. The lowest BCUT2D eigenvalue weighted by Gasteiger charge is -2.28. The molecule has 1 aromatic carbocycles. The summed E-state index contributed by atoms with van der Waals surface area (Å²) >= 11 is 0. The molecule has 0 spiro atoms. The zero-order chi connectivity index (χ0) is 12.3. The second-order valence-corrected chi connectivity index (χ2v) is 4.04. The summed E-state index contributed by atoms with van der Waals surface area (Å²) < 4.78 is 10.5. The van der Waals surface area contributed by atoms with Crippen molar-refractivity contribution in [3.63, 3.8) is 0 Å². The Morgan fingerprint density at radius 3 is 2.65 bits per heavy atom. The SMILES string of the molecule is COc1ccc(OC)c(N2CCCCC2=O)c1. The Kier molecular flexibility index (Phi) is 3.52. The molecule has 0 radical (unpaired) electrons. The van der Waals surface area contributed by atoms with Gasteiger partial charge >= 0.3 is 0 Å². The van der Waals surface area contributed by atoms with Gasteiger partial charge < -0.3 is 14.4 Å². The molecule has 0 saturated carbocycles. The van der Waals surface area contributed by atoms with E-state index in [4.69, 9.17) is 9.47 Å². The quantitative estimate of drug-likeness (QED) is 0.806. The van der Waals surface area contributed by atoms with E-state index in [1.807, 2.05) is 18.2 Å². The summed E-state index contributed by atoms with van der Waals surface area (Å²) in [4.78, 5) is 13.7. The van der Waals surface area contributed by atoms with Gasteiger partial charge in [0, 0.05) is 19.0 Å². The molecule has 0 aromatic heterocycles. The van der Waals surface area contributed by atoms with Gasteiger partial charge in [-0.05, 0) is 25.0 Å². The predicted molar refractivity (Wildman–Crippen MR) is 65.8 cm³/mol. The lowest BCUT2D eigenvalue weighted by Crippen LogP contribution is -2.35. The number of hydrogen-bond donors (Lipinski definition) is 0. The van der Waals surface area contributed by atoms with E-state index in [1.54, 1.807) is 19.1 Å². The fraction of sp³-hybridized carbons (Fsp3) is 0.462. The number of piperidine rings is 1. The van der Waals surface area contributed by atoms with Crippen LogP contribution < -0.4 is 14.4 Å². The Labute approximate surface area is 101 Å². The van der Waals surface area contributed by atoms with Crippen molar-refractivity contribution in [1.82, 2.24) is 0 Å². The molecule has 1 saturated heterocycles. The first-order valence-corrected chi connectivity index (χ1v) is 5.78. The highest BCUT2D eigenvalue weighted by atomic mass is 16.5. The summed E-state index contributed by atoms with van der Waals surface area (Å²) in [5, 5.41) is 0. The molecule has 17 heavy (non-hydrogen) atoms. The molecule has 0 bridgehead atoms. The van der Waals surface area contributed by atoms with Crippen LogP contribution in [0.1, 0.15) is 19.3 Å². The standard InChI is InChI=1S/C13H17NO3/c1-16-10-6-7-12(17-2)11(9-10)14-8-4-3-5-13(14)15/h6-7,9H,3-5,8H2,1-2H3. The number of hydrogen-bond acceptors (Lipinski definition) is 3. The topological polar surface area (TPSA) is 38.8 Å². The molecule has 1 heterocycles. The van der Waals surface area contributed by atoms with Gasteiger partial charge in [-0.15, -0.1) is 0 Å². The number of benzene rings is 1. The molecule has 2 rings (SSSR count). The molecule has 1 amide bonds. The van der Waals surface area contributed by atoms with Crippen molar-refractivity contribution < 1.29 is 14.3 Å². The van der Waals surface area contributed by atoms with Crippen molar-refractivity contribution in [1.29, 1.82) is 0 Å². The number of methoxy groups -OCH3 is 2. The van der Waals surface area contributed by atoms with Crippen molar-refractivity contribution in [2.45, 2.75) is 19.3 Å². The Bertz CT molecular complexity index is 417. The fourth-order valence-corrected chi connectivity index (χ4v) is 2.07. The van der Waals surface area contributed by atoms with Crippen LogP contribution in [0, 0.1) is 0 Å². The summed E-state index contributed by atoms with van der Waals surface area (Å²) in [6.45, 7) is 0.752. The third kappa shape index (κ3) is 2.35. The molecule has 1 aliphatic heterocycles. The monoisotopic (exact) mass is 235 g/mol.